The molecule has 40 heavy (non-hydrogen) atoms. The molecular weight excluding hydrogens is 528 g/mol. The van der Waals surface area contributed by atoms with Crippen molar-refractivity contribution in [2.45, 2.75) is 52.1 Å². The summed E-state index contributed by atoms with van der Waals surface area (Å²) in [7, 11) is 1.41. The number of fused-ring (bicyclic) bond motifs is 2. The third-order valence-corrected chi connectivity index (χ3v) is 8.52. The number of halogens is 1. The number of carbonyl (C=O) groups is 1. The summed E-state index contributed by atoms with van der Waals surface area (Å²) in [6.07, 6.45) is 1.98. The Kier molecular flexibility index (Phi) is 7.18. The van der Waals surface area contributed by atoms with Gasteiger partial charge < -0.3 is 23.7 Å². The van der Waals surface area contributed by atoms with E-state index in [4.69, 9.17) is 35.3 Å². The van der Waals surface area contributed by atoms with Crippen molar-refractivity contribution in [3.8, 4) is 28.4 Å². The molecule has 1 aliphatic carbocycles. The zero-order valence-corrected chi connectivity index (χ0v) is 24.2. The summed E-state index contributed by atoms with van der Waals surface area (Å²) in [4.78, 5) is 11.8. The molecule has 0 saturated carbocycles. The van der Waals surface area contributed by atoms with E-state index in [1.807, 2.05) is 24.3 Å². The van der Waals surface area contributed by atoms with Crippen molar-refractivity contribution >= 4 is 17.6 Å². The predicted octanol–water partition coefficient (Wildman–Crippen LogP) is 7.14. The summed E-state index contributed by atoms with van der Waals surface area (Å²) in [6, 6.07) is 14.3. The van der Waals surface area contributed by atoms with Crippen molar-refractivity contribution in [1.29, 1.82) is 0 Å². The highest BCUT2D eigenvalue weighted by molar-refractivity contribution is 6.31. The molecule has 0 N–H and O–H groups in total. The van der Waals surface area contributed by atoms with E-state index in [-0.39, 0.29) is 23.4 Å². The van der Waals surface area contributed by atoms with Gasteiger partial charge in [-0.1, -0.05) is 24.6 Å². The van der Waals surface area contributed by atoms with Crippen LogP contribution in [0.4, 0.5) is 0 Å². The van der Waals surface area contributed by atoms with Gasteiger partial charge in [-0.15, -0.1) is 0 Å². The number of methoxy groups -OCH3 is 1. The fraction of sp³-hybridized carbons (Fsp3) is 0.424. The maximum absolute atomic E-state index is 11.8. The summed E-state index contributed by atoms with van der Waals surface area (Å²) in [5.74, 6) is 2.17. The second-order valence-corrected chi connectivity index (χ2v) is 12.1. The average Bonchev–Trinajstić information content (AvgIpc) is 3.49. The van der Waals surface area contributed by atoms with Crippen LogP contribution < -0.4 is 14.2 Å². The Labute approximate surface area is 240 Å². The van der Waals surface area contributed by atoms with E-state index in [1.165, 1.54) is 18.2 Å². The van der Waals surface area contributed by atoms with Gasteiger partial charge in [-0.25, -0.2) is 0 Å². The first-order valence-corrected chi connectivity index (χ1v) is 14.3. The highest BCUT2D eigenvalue weighted by Gasteiger charge is 2.34. The van der Waals surface area contributed by atoms with Crippen LogP contribution in [-0.2, 0) is 20.7 Å². The minimum atomic E-state index is -0.234. The van der Waals surface area contributed by atoms with E-state index in [2.05, 4.69) is 39.0 Å². The first-order chi connectivity index (χ1) is 19.2. The van der Waals surface area contributed by atoms with Crippen molar-refractivity contribution in [2.24, 2.45) is 5.41 Å². The standard InChI is InChI=1S/C33H35ClO6/c1-19-9-24(39-18-33(3)16-37-17-33)10-20(2)32(19)28-13-22(34)12-27-26(28)7-8-29(27)40-23-5-6-25-21(11-31(35)36-4)15-38-30(25)14-23/h5-6,9-10,12-14,21,29H,7-8,11,15-18H2,1-4H3/t21?,29-/m1/s1. The van der Waals surface area contributed by atoms with E-state index in [9.17, 15) is 4.79 Å². The number of hydrogen-bond acceptors (Lipinski definition) is 6. The minimum absolute atomic E-state index is 0.00338. The number of benzene rings is 3. The third kappa shape index (κ3) is 5.15. The van der Waals surface area contributed by atoms with Gasteiger partial charge in [0.15, 0.2) is 0 Å². The molecule has 6 nitrogen and oxygen atoms in total. The molecule has 0 bridgehead atoms. The molecule has 0 spiro atoms. The molecule has 3 aliphatic rings. The van der Waals surface area contributed by atoms with Crippen LogP contribution in [0.5, 0.6) is 17.2 Å². The Bertz CT molecular complexity index is 1440. The number of aryl methyl sites for hydroxylation is 2. The van der Waals surface area contributed by atoms with Crippen molar-refractivity contribution in [2.75, 3.05) is 33.5 Å². The maximum Gasteiger partial charge on any atom is 0.306 e. The van der Waals surface area contributed by atoms with Crippen molar-refractivity contribution < 1.29 is 28.5 Å². The van der Waals surface area contributed by atoms with E-state index in [1.54, 1.807) is 0 Å². The van der Waals surface area contributed by atoms with Crippen LogP contribution in [0.1, 0.15) is 59.6 Å². The smallest absolute Gasteiger partial charge is 0.306 e. The summed E-state index contributed by atoms with van der Waals surface area (Å²) >= 11 is 6.70. The molecule has 210 valence electrons. The highest BCUT2D eigenvalue weighted by Crippen LogP contribution is 2.45. The first kappa shape index (κ1) is 27.0. The largest absolute Gasteiger partial charge is 0.493 e. The van der Waals surface area contributed by atoms with Gasteiger partial charge >= 0.3 is 5.97 Å². The topological polar surface area (TPSA) is 63.2 Å². The normalized spacial score (nSPS) is 20.2. The summed E-state index contributed by atoms with van der Waals surface area (Å²) in [5.41, 5.74) is 8.22. The van der Waals surface area contributed by atoms with Gasteiger partial charge in [0.1, 0.15) is 23.4 Å². The summed E-state index contributed by atoms with van der Waals surface area (Å²) in [6.45, 7) is 9.07. The van der Waals surface area contributed by atoms with E-state index >= 15 is 0 Å². The van der Waals surface area contributed by atoms with E-state index in [0.717, 1.165) is 71.1 Å². The molecule has 2 atom stereocenters. The first-order valence-electron chi connectivity index (χ1n) is 13.9. The Morgan fingerprint density at radius 3 is 2.52 bits per heavy atom. The number of hydrogen-bond donors (Lipinski definition) is 0. The Balaban J connectivity index is 1.23. The Morgan fingerprint density at radius 2 is 1.82 bits per heavy atom. The number of esters is 1. The van der Waals surface area contributed by atoms with Crippen LogP contribution in [0.3, 0.4) is 0 Å². The molecule has 6 rings (SSSR count). The van der Waals surface area contributed by atoms with Gasteiger partial charge in [0.2, 0.25) is 0 Å². The second kappa shape index (κ2) is 10.6. The minimum Gasteiger partial charge on any atom is -0.493 e. The van der Waals surface area contributed by atoms with E-state index < -0.39 is 0 Å². The van der Waals surface area contributed by atoms with Crippen LogP contribution in [0, 0.1) is 19.3 Å². The van der Waals surface area contributed by atoms with Crippen LogP contribution in [-0.4, -0.2) is 39.5 Å². The quantitative estimate of drug-likeness (QED) is 0.272. The number of ether oxygens (including phenoxy) is 5. The lowest BCUT2D eigenvalue weighted by Crippen LogP contribution is -2.44. The maximum atomic E-state index is 11.8. The highest BCUT2D eigenvalue weighted by atomic mass is 35.5. The monoisotopic (exact) mass is 562 g/mol. The lowest BCUT2D eigenvalue weighted by molar-refractivity contribution is -0.141. The fourth-order valence-electron chi connectivity index (χ4n) is 6.17. The summed E-state index contributed by atoms with van der Waals surface area (Å²) < 4.78 is 28.8. The molecule has 1 fully saturated rings. The van der Waals surface area contributed by atoms with Crippen LogP contribution >= 0.6 is 11.6 Å². The lowest BCUT2D eigenvalue weighted by Gasteiger charge is -2.37. The zero-order chi connectivity index (χ0) is 28.0. The van der Waals surface area contributed by atoms with Gasteiger partial charge in [-0.05, 0) is 90.4 Å². The van der Waals surface area contributed by atoms with Crippen molar-refractivity contribution in [1.82, 2.24) is 0 Å². The average molecular weight is 563 g/mol. The molecule has 2 heterocycles. The predicted molar refractivity (Wildman–Crippen MR) is 154 cm³/mol. The van der Waals surface area contributed by atoms with Gasteiger partial charge in [0.25, 0.3) is 0 Å². The SMILES string of the molecule is COC(=O)CC1COc2cc(O[C@@H]3CCc4c(-c5c(C)cc(OCC6(C)COC6)cc5C)cc(Cl)cc43)ccc21. The van der Waals surface area contributed by atoms with Crippen molar-refractivity contribution in [3.05, 3.63) is 75.3 Å². The van der Waals surface area contributed by atoms with Gasteiger partial charge in [0.05, 0.1) is 40.0 Å². The molecule has 0 aromatic heterocycles. The molecule has 1 saturated heterocycles. The molecule has 3 aromatic carbocycles. The third-order valence-electron chi connectivity index (χ3n) is 8.30. The van der Waals surface area contributed by atoms with E-state index in [0.29, 0.717) is 24.7 Å². The van der Waals surface area contributed by atoms with Crippen molar-refractivity contribution in [3.63, 3.8) is 0 Å². The molecule has 1 unspecified atom stereocenters. The molecule has 0 amide bonds. The molecule has 0 radical (unpaired) electrons. The summed E-state index contributed by atoms with van der Waals surface area (Å²) in [5, 5.41) is 0.698. The van der Waals surface area contributed by atoms with Gasteiger partial charge in [0, 0.05) is 28.0 Å². The number of carbonyl (C=O) groups excluding carboxylic acids is 1. The number of rotatable bonds is 8. The van der Waals surface area contributed by atoms with Crippen LogP contribution in [0.25, 0.3) is 11.1 Å². The molecule has 2 aliphatic heterocycles. The molecular formula is C33H35ClO6. The van der Waals surface area contributed by atoms with Gasteiger partial charge in [-0.2, -0.15) is 0 Å². The molecule has 7 heteroatoms. The lowest BCUT2D eigenvalue weighted by atomic mass is 9.89. The van der Waals surface area contributed by atoms with Crippen LogP contribution in [0.15, 0.2) is 42.5 Å². The molecule has 3 aromatic rings. The zero-order valence-electron chi connectivity index (χ0n) is 23.5. The Hall–Kier alpha value is -3.22. The fourth-order valence-corrected chi connectivity index (χ4v) is 6.40. The second-order valence-electron chi connectivity index (χ2n) is 11.7. The van der Waals surface area contributed by atoms with Gasteiger partial charge in [-0.3, -0.25) is 4.79 Å². The van der Waals surface area contributed by atoms with Crippen LogP contribution in [0.2, 0.25) is 5.02 Å². The Morgan fingerprint density at radius 1 is 1.05 bits per heavy atom.